The lowest BCUT2D eigenvalue weighted by atomic mass is 10.2. The Bertz CT molecular complexity index is 1100. The molecule has 1 aliphatic rings. The molecule has 0 radical (unpaired) electrons. The normalized spacial score (nSPS) is 16.1. The zero-order valence-corrected chi connectivity index (χ0v) is 20.8. The van der Waals surface area contributed by atoms with Crippen LogP contribution in [0.4, 0.5) is 4.39 Å². The first kappa shape index (κ1) is 25.5. The first-order chi connectivity index (χ1) is 16.4. The van der Waals surface area contributed by atoms with Crippen LogP contribution < -0.4 is 10.1 Å². The van der Waals surface area contributed by atoms with E-state index in [1.54, 1.807) is 30.1 Å². The molecule has 0 unspecified atom stereocenters. The lowest BCUT2D eigenvalue weighted by molar-refractivity contribution is 0.214. The van der Waals surface area contributed by atoms with Crippen molar-refractivity contribution >= 4 is 41.9 Å². The number of halogens is 1. The molecule has 8 nitrogen and oxygen atoms in total. The first-order valence-corrected chi connectivity index (χ1v) is 12.0. The van der Waals surface area contributed by atoms with Crippen LogP contribution in [-0.4, -0.2) is 79.9 Å². The minimum absolute atomic E-state index is 0.0178. The minimum Gasteiger partial charge on any atom is -0.468 e. The van der Waals surface area contributed by atoms with E-state index < -0.39 is 5.82 Å². The number of rotatable bonds is 10. The number of hydrogen-bond donors (Lipinski definition) is 2. The van der Waals surface area contributed by atoms with Crippen molar-refractivity contribution in [2.24, 2.45) is 15.0 Å². The van der Waals surface area contributed by atoms with Gasteiger partial charge in [-0.3, -0.25) is 4.99 Å². The SMILES string of the molecule is C=N/C=C(/C)SCN/C(=C/C(=N\COc1ccc2[nH]c(C)cc2c1F)N1CCN(C)CC1)N=C. The summed E-state index contributed by atoms with van der Waals surface area (Å²) in [5.41, 5.74) is 1.64. The quantitative estimate of drug-likeness (QED) is 0.302. The second-order valence-corrected chi connectivity index (χ2v) is 9.17. The number of H-pyrrole nitrogens is 1. The molecule has 2 heterocycles. The fourth-order valence-corrected chi connectivity index (χ4v) is 4.10. The number of fused-ring (bicyclic) bond motifs is 1. The topological polar surface area (TPSA) is 80.6 Å². The number of nitrogens with zero attached hydrogens (tertiary/aromatic N) is 5. The van der Waals surface area contributed by atoms with E-state index in [2.05, 4.69) is 55.6 Å². The molecule has 0 aliphatic carbocycles. The number of allylic oxidation sites excluding steroid dienone is 1. The van der Waals surface area contributed by atoms with Crippen LogP contribution in [0.25, 0.3) is 10.9 Å². The van der Waals surface area contributed by atoms with Crippen LogP contribution in [0.15, 0.2) is 56.2 Å². The summed E-state index contributed by atoms with van der Waals surface area (Å²) in [7, 11) is 2.10. The van der Waals surface area contributed by atoms with Crippen molar-refractivity contribution in [1.82, 2.24) is 20.1 Å². The summed E-state index contributed by atoms with van der Waals surface area (Å²) >= 11 is 1.59. The molecular weight excluding hydrogens is 453 g/mol. The average Bonchev–Trinajstić information content (AvgIpc) is 3.21. The zero-order valence-electron chi connectivity index (χ0n) is 20.0. The van der Waals surface area contributed by atoms with Gasteiger partial charge in [-0.1, -0.05) is 0 Å². The van der Waals surface area contributed by atoms with Crippen LogP contribution in [0.5, 0.6) is 5.75 Å². The monoisotopic (exact) mass is 485 g/mol. The molecule has 2 N–H and O–H groups in total. The third kappa shape index (κ3) is 6.94. The predicted octanol–water partition coefficient (Wildman–Crippen LogP) is 3.98. The Balaban J connectivity index is 1.74. The zero-order chi connectivity index (χ0) is 24.5. The average molecular weight is 486 g/mol. The smallest absolute Gasteiger partial charge is 0.181 e. The molecule has 34 heavy (non-hydrogen) atoms. The van der Waals surface area contributed by atoms with Crippen LogP contribution in [0.3, 0.4) is 0 Å². The molecule has 0 atom stereocenters. The van der Waals surface area contributed by atoms with Gasteiger partial charge in [0, 0.05) is 60.0 Å². The van der Waals surface area contributed by atoms with E-state index in [4.69, 9.17) is 4.74 Å². The van der Waals surface area contributed by atoms with Gasteiger partial charge in [-0.15, -0.1) is 11.8 Å². The first-order valence-electron chi connectivity index (χ1n) is 11.0. The second-order valence-electron chi connectivity index (χ2n) is 7.95. The molecule has 10 heteroatoms. The highest BCUT2D eigenvalue weighted by molar-refractivity contribution is 8.03. The van der Waals surface area contributed by atoms with Gasteiger partial charge in [-0.05, 0) is 52.5 Å². The summed E-state index contributed by atoms with van der Waals surface area (Å²) in [5, 5.41) is 3.75. The predicted molar refractivity (Wildman–Crippen MR) is 142 cm³/mol. The molecule has 182 valence electrons. The van der Waals surface area contributed by atoms with Gasteiger partial charge in [0.05, 0.1) is 5.88 Å². The van der Waals surface area contributed by atoms with Crippen molar-refractivity contribution in [3.63, 3.8) is 0 Å². The molecule has 1 aliphatic heterocycles. The fraction of sp³-hybridized carbons (Fsp3) is 0.375. The van der Waals surface area contributed by atoms with Crippen LogP contribution in [0.2, 0.25) is 0 Å². The number of aromatic nitrogens is 1. The number of aryl methyl sites for hydroxylation is 1. The third-order valence-corrected chi connectivity index (χ3v) is 6.22. The summed E-state index contributed by atoms with van der Waals surface area (Å²) in [5.74, 6) is 1.69. The number of amidine groups is 1. The highest BCUT2D eigenvalue weighted by Crippen LogP contribution is 2.27. The highest BCUT2D eigenvalue weighted by Gasteiger charge is 2.17. The molecular formula is C24H32FN7OS. The number of aromatic amines is 1. The molecule has 3 rings (SSSR count). The molecule has 1 saturated heterocycles. The Labute approximate surface area is 204 Å². The standard InChI is InChI=1S/C24H32FN7OS/c1-17-12-19-20(30-17)6-7-21(24(19)25)33-15-28-23(32-10-8-31(5)9-11-32)13-22(27-4)29-16-34-18(2)14-26-3/h6-7,12-14,29-30H,3-4,8-11,15-16H2,1-2,5H3/b18-14-,22-13+,28-23+. The molecule has 0 spiro atoms. The number of ether oxygens (including phenoxy) is 1. The molecule has 0 saturated carbocycles. The summed E-state index contributed by atoms with van der Waals surface area (Å²) in [4.78, 5) is 21.1. The summed E-state index contributed by atoms with van der Waals surface area (Å²) in [6.45, 7) is 14.5. The Morgan fingerprint density at radius 2 is 2.06 bits per heavy atom. The van der Waals surface area contributed by atoms with Gasteiger partial charge in [0.2, 0.25) is 0 Å². The van der Waals surface area contributed by atoms with Crippen molar-refractivity contribution in [3.8, 4) is 5.75 Å². The maximum Gasteiger partial charge on any atom is 0.181 e. The summed E-state index contributed by atoms with van der Waals surface area (Å²) in [6.07, 6.45) is 3.55. The van der Waals surface area contributed by atoms with Gasteiger partial charge < -0.3 is 24.8 Å². The molecule has 2 aromatic rings. The van der Waals surface area contributed by atoms with E-state index in [-0.39, 0.29) is 12.5 Å². The van der Waals surface area contributed by atoms with E-state index in [1.165, 1.54) is 0 Å². The largest absolute Gasteiger partial charge is 0.468 e. The summed E-state index contributed by atoms with van der Waals surface area (Å²) in [6, 6.07) is 5.20. The number of piperazine rings is 1. The van der Waals surface area contributed by atoms with Crippen LogP contribution in [0, 0.1) is 12.7 Å². The van der Waals surface area contributed by atoms with Crippen molar-refractivity contribution in [2.75, 3.05) is 45.8 Å². The molecule has 0 bridgehead atoms. The fourth-order valence-electron chi connectivity index (χ4n) is 3.50. The van der Waals surface area contributed by atoms with Gasteiger partial charge >= 0.3 is 0 Å². The molecule has 1 fully saturated rings. The van der Waals surface area contributed by atoms with Gasteiger partial charge in [0.15, 0.2) is 18.3 Å². The Kier molecular flexibility index (Phi) is 9.29. The van der Waals surface area contributed by atoms with Crippen LogP contribution >= 0.6 is 11.8 Å². The number of aliphatic imine (C=N–C) groups is 3. The molecule has 1 aromatic heterocycles. The van der Waals surface area contributed by atoms with Gasteiger partial charge in [0.25, 0.3) is 0 Å². The van der Waals surface area contributed by atoms with Gasteiger partial charge in [-0.2, -0.15) is 0 Å². The van der Waals surface area contributed by atoms with E-state index in [9.17, 15) is 4.39 Å². The Hall–Kier alpha value is -3.11. The third-order valence-electron chi connectivity index (χ3n) is 5.37. The van der Waals surface area contributed by atoms with E-state index >= 15 is 0 Å². The number of likely N-dealkylation sites (N-methyl/N-ethyl adjacent to an activating group) is 1. The van der Waals surface area contributed by atoms with E-state index in [0.29, 0.717) is 22.9 Å². The second kappa shape index (κ2) is 12.4. The van der Waals surface area contributed by atoms with Crippen LogP contribution in [0.1, 0.15) is 12.6 Å². The maximum absolute atomic E-state index is 14.9. The molecule has 1 aromatic carbocycles. The lowest BCUT2D eigenvalue weighted by Crippen LogP contribution is -2.47. The number of benzene rings is 1. The maximum atomic E-state index is 14.9. The number of nitrogens with one attached hydrogen (secondary N) is 2. The highest BCUT2D eigenvalue weighted by atomic mass is 32.2. The van der Waals surface area contributed by atoms with E-state index in [1.807, 2.05) is 26.0 Å². The summed E-state index contributed by atoms with van der Waals surface area (Å²) < 4.78 is 20.6. The lowest BCUT2D eigenvalue weighted by Gasteiger charge is -2.33. The van der Waals surface area contributed by atoms with Crippen molar-refractivity contribution in [3.05, 3.63) is 52.7 Å². The van der Waals surface area contributed by atoms with Gasteiger partial charge in [0.1, 0.15) is 11.7 Å². The van der Waals surface area contributed by atoms with E-state index in [0.717, 1.165) is 42.3 Å². The van der Waals surface area contributed by atoms with Gasteiger partial charge in [-0.25, -0.2) is 14.4 Å². The molecule has 0 amide bonds. The van der Waals surface area contributed by atoms with Crippen molar-refractivity contribution < 1.29 is 9.13 Å². The van der Waals surface area contributed by atoms with Crippen molar-refractivity contribution in [2.45, 2.75) is 13.8 Å². The Morgan fingerprint density at radius 1 is 1.29 bits per heavy atom. The Morgan fingerprint density at radius 3 is 2.76 bits per heavy atom. The van der Waals surface area contributed by atoms with Crippen molar-refractivity contribution in [1.29, 1.82) is 0 Å². The van der Waals surface area contributed by atoms with Crippen LogP contribution in [-0.2, 0) is 0 Å². The number of thioether (sulfide) groups is 1. The minimum atomic E-state index is -0.390. The number of hydrogen-bond acceptors (Lipinski definition) is 7.